The lowest BCUT2D eigenvalue weighted by atomic mass is 9.94. The molecule has 6 nitrogen and oxygen atoms in total. The normalized spacial score (nSPS) is 22.1. The zero-order chi connectivity index (χ0) is 20.9. The Bertz CT molecular complexity index is 559. The van der Waals surface area contributed by atoms with Crippen molar-refractivity contribution in [1.29, 1.82) is 0 Å². The van der Waals surface area contributed by atoms with Crippen LogP contribution in [0.1, 0.15) is 96.3 Å². The van der Waals surface area contributed by atoms with Crippen LogP contribution in [-0.2, 0) is 0 Å². The first-order valence-corrected chi connectivity index (χ1v) is 12.6. The van der Waals surface area contributed by atoms with E-state index in [4.69, 9.17) is 15.0 Å². The van der Waals surface area contributed by atoms with E-state index in [-0.39, 0.29) is 0 Å². The van der Waals surface area contributed by atoms with Crippen molar-refractivity contribution in [2.75, 3.05) is 35.8 Å². The molecule has 3 aliphatic carbocycles. The molecule has 0 aliphatic heterocycles. The van der Waals surface area contributed by atoms with Crippen LogP contribution in [0.25, 0.3) is 0 Å². The molecule has 1 heterocycles. The topological polar surface area (TPSA) is 48.4 Å². The summed E-state index contributed by atoms with van der Waals surface area (Å²) in [6, 6.07) is 1.67. The molecular weight excluding hydrogens is 372 g/mol. The van der Waals surface area contributed by atoms with Crippen molar-refractivity contribution < 1.29 is 0 Å². The maximum Gasteiger partial charge on any atom is 0.231 e. The number of aromatic nitrogens is 3. The van der Waals surface area contributed by atoms with Gasteiger partial charge in [-0.15, -0.1) is 0 Å². The molecule has 168 valence electrons. The Morgan fingerprint density at radius 1 is 0.433 bits per heavy atom. The van der Waals surface area contributed by atoms with Gasteiger partial charge in [-0.1, -0.05) is 57.8 Å². The highest BCUT2D eigenvalue weighted by Crippen LogP contribution is 2.30. The number of rotatable bonds is 6. The second-order valence-electron chi connectivity index (χ2n) is 9.94. The lowest BCUT2D eigenvalue weighted by Gasteiger charge is -2.36. The Hall–Kier alpha value is -1.59. The van der Waals surface area contributed by atoms with E-state index in [0.717, 1.165) is 17.8 Å². The van der Waals surface area contributed by atoms with Crippen LogP contribution in [0.5, 0.6) is 0 Å². The summed E-state index contributed by atoms with van der Waals surface area (Å²) in [6.07, 6.45) is 19.6. The molecule has 0 unspecified atom stereocenters. The smallest absolute Gasteiger partial charge is 0.231 e. The highest BCUT2D eigenvalue weighted by atomic mass is 15.4. The Kier molecular flexibility index (Phi) is 7.32. The van der Waals surface area contributed by atoms with Crippen LogP contribution < -0.4 is 14.7 Å². The maximum absolute atomic E-state index is 5.01. The molecule has 0 saturated heterocycles. The predicted molar refractivity (Wildman–Crippen MR) is 126 cm³/mol. The van der Waals surface area contributed by atoms with E-state index in [1.807, 2.05) is 0 Å². The fourth-order valence-corrected chi connectivity index (χ4v) is 5.71. The summed E-state index contributed by atoms with van der Waals surface area (Å²) in [7, 11) is 6.58. The largest absolute Gasteiger partial charge is 0.341 e. The summed E-state index contributed by atoms with van der Waals surface area (Å²) < 4.78 is 0. The summed E-state index contributed by atoms with van der Waals surface area (Å²) in [4.78, 5) is 22.1. The van der Waals surface area contributed by atoms with Crippen molar-refractivity contribution in [1.82, 2.24) is 15.0 Å². The van der Waals surface area contributed by atoms with Crippen LogP contribution >= 0.6 is 0 Å². The van der Waals surface area contributed by atoms with E-state index >= 15 is 0 Å². The molecule has 0 spiro atoms. The molecule has 0 aromatic carbocycles. The zero-order valence-electron chi connectivity index (χ0n) is 19.5. The lowest BCUT2D eigenvalue weighted by Crippen LogP contribution is -2.39. The molecule has 1 aromatic heterocycles. The van der Waals surface area contributed by atoms with E-state index in [1.165, 1.54) is 96.3 Å². The molecule has 30 heavy (non-hydrogen) atoms. The molecule has 3 fully saturated rings. The number of hydrogen-bond acceptors (Lipinski definition) is 6. The number of hydrogen-bond donors (Lipinski definition) is 0. The van der Waals surface area contributed by atoms with E-state index in [0.29, 0.717) is 18.1 Å². The number of nitrogens with zero attached hydrogens (tertiary/aromatic N) is 6. The summed E-state index contributed by atoms with van der Waals surface area (Å²) in [6.45, 7) is 0. The van der Waals surface area contributed by atoms with Gasteiger partial charge in [-0.05, 0) is 38.5 Å². The molecule has 0 radical (unpaired) electrons. The molecule has 0 atom stereocenters. The van der Waals surface area contributed by atoms with Crippen LogP contribution in [-0.4, -0.2) is 54.2 Å². The van der Waals surface area contributed by atoms with E-state index in [9.17, 15) is 0 Å². The van der Waals surface area contributed by atoms with Gasteiger partial charge in [0.15, 0.2) is 0 Å². The molecule has 0 amide bonds. The van der Waals surface area contributed by atoms with Crippen LogP contribution in [0, 0.1) is 0 Å². The first-order valence-electron chi connectivity index (χ1n) is 12.6. The van der Waals surface area contributed by atoms with Gasteiger partial charge in [0.1, 0.15) is 0 Å². The van der Waals surface area contributed by atoms with Crippen LogP contribution in [0.2, 0.25) is 0 Å². The zero-order valence-corrected chi connectivity index (χ0v) is 19.5. The Morgan fingerprint density at radius 3 is 0.900 bits per heavy atom. The van der Waals surface area contributed by atoms with Gasteiger partial charge in [-0.2, -0.15) is 15.0 Å². The van der Waals surface area contributed by atoms with Crippen molar-refractivity contribution in [3.63, 3.8) is 0 Å². The molecule has 1 aromatic rings. The molecule has 0 N–H and O–H groups in total. The summed E-state index contributed by atoms with van der Waals surface area (Å²) in [5.41, 5.74) is 0. The Balaban J connectivity index is 1.62. The highest BCUT2D eigenvalue weighted by Gasteiger charge is 2.27. The van der Waals surface area contributed by atoms with Crippen molar-refractivity contribution in [2.45, 2.75) is 114 Å². The molecule has 6 heteroatoms. The molecule has 3 saturated carbocycles. The third-order valence-electron chi connectivity index (χ3n) is 7.91. The molecule has 0 bridgehead atoms. The van der Waals surface area contributed by atoms with Crippen molar-refractivity contribution in [3.8, 4) is 0 Å². The average Bonchev–Trinajstić information content (AvgIpc) is 2.84. The van der Waals surface area contributed by atoms with Gasteiger partial charge in [0.05, 0.1) is 0 Å². The third-order valence-corrected chi connectivity index (χ3v) is 7.91. The lowest BCUT2D eigenvalue weighted by molar-refractivity contribution is 0.415. The van der Waals surface area contributed by atoms with E-state index < -0.39 is 0 Å². The standard InChI is InChI=1S/C24H42N6/c1-28(19-13-7-4-8-14-19)22-25-23(29(2)20-15-9-5-10-16-20)27-24(26-22)30(3)21-17-11-6-12-18-21/h19-21H,4-18H2,1-3H3. The van der Waals surface area contributed by atoms with Gasteiger partial charge < -0.3 is 14.7 Å². The quantitative estimate of drug-likeness (QED) is 0.639. The minimum Gasteiger partial charge on any atom is -0.341 e. The molecular formula is C24H42N6. The van der Waals surface area contributed by atoms with Crippen LogP contribution in [0.4, 0.5) is 17.8 Å². The van der Waals surface area contributed by atoms with Crippen molar-refractivity contribution in [3.05, 3.63) is 0 Å². The fourth-order valence-electron chi connectivity index (χ4n) is 5.71. The minimum absolute atomic E-state index is 0.557. The molecule has 3 aliphatic rings. The van der Waals surface area contributed by atoms with Crippen molar-refractivity contribution >= 4 is 17.8 Å². The number of anilines is 3. The second-order valence-corrected chi connectivity index (χ2v) is 9.94. The Morgan fingerprint density at radius 2 is 0.667 bits per heavy atom. The van der Waals surface area contributed by atoms with Gasteiger partial charge in [-0.3, -0.25) is 0 Å². The second kappa shape index (κ2) is 10.1. The van der Waals surface area contributed by atoms with Crippen LogP contribution in [0.15, 0.2) is 0 Å². The van der Waals surface area contributed by atoms with Crippen LogP contribution in [0.3, 0.4) is 0 Å². The fraction of sp³-hybridized carbons (Fsp3) is 0.875. The summed E-state index contributed by atoms with van der Waals surface area (Å²) in [5.74, 6) is 2.60. The first kappa shape index (κ1) is 21.6. The first-order chi connectivity index (χ1) is 14.6. The summed E-state index contributed by atoms with van der Waals surface area (Å²) >= 11 is 0. The monoisotopic (exact) mass is 414 g/mol. The highest BCUT2D eigenvalue weighted by molar-refractivity contribution is 5.47. The van der Waals surface area contributed by atoms with Gasteiger partial charge >= 0.3 is 0 Å². The Labute approximate surface area is 183 Å². The van der Waals surface area contributed by atoms with Gasteiger partial charge in [0, 0.05) is 39.3 Å². The van der Waals surface area contributed by atoms with E-state index in [1.54, 1.807) is 0 Å². The SMILES string of the molecule is CN(c1nc(N(C)C2CCCCC2)nc(N(C)C2CCCCC2)n1)C1CCCCC1. The third kappa shape index (κ3) is 5.00. The van der Waals surface area contributed by atoms with Crippen molar-refractivity contribution in [2.24, 2.45) is 0 Å². The van der Waals surface area contributed by atoms with Gasteiger partial charge in [-0.25, -0.2) is 0 Å². The molecule has 4 rings (SSSR count). The average molecular weight is 415 g/mol. The summed E-state index contributed by atoms with van der Waals surface area (Å²) in [5, 5.41) is 0. The maximum atomic E-state index is 5.01. The van der Waals surface area contributed by atoms with Gasteiger partial charge in [0.25, 0.3) is 0 Å². The predicted octanol–water partition coefficient (Wildman–Crippen LogP) is 5.18. The minimum atomic E-state index is 0.557. The van der Waals surface area contributed by atoms with E-state index in [2.05, 4.69) is 35.8 Å². The van der Waals surface area contributed by atoms with Gasteiger partial charge in [0.2, 0.25) is 17.8 Å².